The molecule has 0 aliphatic heterocycles. The minimum atomic E-state index is -3.96. The van der Waals surface area contributed by atoms with Crippen LogP contribution in [0, 0.1) is 5.82 Å². The van der Waals surface area contributed by atoms with E-state index in [0.717, 1.165) is 23.3 Å². The van der Waals surface area contributed by atoms with Crippen LogP contribution in [-0.4, -0.2) is 54.0 Å². The van der Waals surface area contributed by atoms with Crippen molar-refractivity contribution in [3.05, 3.63) is 70.4 Å². The number of hydrogen-bond donors (Lipinski definition) is 2. The summed E-state index contributed by atoms with van der Waals surface area (Å²) in [5.41, 5.74) is 6.50. The van der Waals surface area contributed by atoms with E-state index in [-0.39, 0.29) is 11.2 Å². The van der Waals surface area contributed by atoms with Gasteiger partial charge in [0, 0.05) is 36.4 Å². The summed E-state index contributed by atoms with van der Waals surface area (Å²) in [5.74, 6) is -1.50. The van der Waals surface area contributed by atoms with Crippen LogP contribution in [0.2, 0.25) is 0 Å². The Morgan fingerprint density at radius 3 is 2.44 bits per heavy atom. The van der Waals surface area contributed by atoms with E-state index in [1.165, 1.54) is 18.3 Å². The molecule has 8 nitrogen and oxygen atoms in total. The maximum Gasteiger partial charge on any atom is 0.260 e. The Balaban J connectivity index is 1.98. The molecule has 2 atom stereocenters. The number of benzene rings is 2. The van der Waals surface area contributed by atoms with E-state index in [0.29, 0.717) is 23.1 Å². The zero-order chi connectivity index (χ0) is 25.4. The number of primary amides is 1. The first-order valence-electron chi connectivity index (χ1n) is 10.5. The quantitative estimate of drug-likeness (QED) is 0.499. The van der Waals surface area contributed by atoms with Gasteiger partial charge in [-0.1, -0.05) is 18.2 Å². The normalized spacial score (nSPS) is 14.8. The maximum absolute atomic E-state index is 14.8. The highest BCUT2D eigenvalue weighted by molar-refractivity contribution is 7.92. The number of hydrogen-bond acceptors (Lipinski definition) is 6. The third-order valence-electron chi connectivity index (χ3n) is 6.01. The number of sulfone groups is 1. The average molecular weight is 490 g/mol. The lowest BCUT2D eigenvalue weighted by Gasteiger charge is -2.27. The molecule has 2 aromatic carbocycles. The molecule has 0 bridgehead atoms. The first-order chi connectivity index (χ1) is 15.7. The minimum Gasteiger partial charge on any atom is -0.373 e. The predicted molar refractivity (Wildman–Crippen MR) is 129 cm³/mol. The molecular weight excluding hydrogens is 461 g/mol. The first-order valence-corrected chi connectivity index (χ1v) is 12.4. The Morgan fingerprint density at radius 1 is 1.21 bits per heavy atom. The predicted octanol–water partition coefficient (Wildman–Crippen LogP) is 2.04. The number of halogens is 1. The Morgan fingerprint density at radius 2 is 1.88 bits per heavy atom. The monoisotopic (exact) mass is 489 g/mol. The van der Waals surface area contributed by atoms with Gasteiger partial charge in [0.2, 0.25) is 5.91 Å². The Hall–Kier alpha value is -3.08. The SMILES string of the molecule is CN(C)Cc1ccc(-c2ccc3c(=O)n(C(O)CC(C)(C(N)=O)S(C)(=O)=O)ccc3c2)c(F)c1. The summed E-state index contributed by atoms with van der Waals surface area (Å²) >= 11 is 0. The number of carbonyl (C=O) groups excluding carboxylic acids is 1. The van der Waals surface area contributed by atoms with Crippen molar-refractivity contribution in [1.82, 2.24) is 9.47 Å². The van der Waals surface area contributed by atoms with E-state index >= 15 is 0 Å². The van der Waals surface area contributed by atoms with Gasteiger partial charge in [-0.2, -0.15) is 0 Å². The van der Waals surface area contributed by atoms with Gasteiger partial charge in [0.25, 0.3) is 5.56 Å². The van der Waals surface area contributed by atoms with Crippen molar-refractivity contribution in [2.75, 3.05) is 20.4 Å². The molecule has 3 N–H and O–H groups in total. The van der Waals surface area contributed by atoms with E-state index in [2.05, 4.69) is 0 Å². The molecular formula is C24H28FN3O5S. The molecule has 0 saturated heterocycles. The van der Waals surface area contributed by atoms with Crippen LogP contribution >= 0.6 is 0 Å². The second-order valence-electron chi connectivity index (χ2n) is 8.93. The van der Waals surface area contributed by atoms with Crippen LogP contribution in [0.1, 0.15) is 25.1 Å². The van der Waals surface area contributed by atoms with Crippen molar-refractivity contribution in [3.63, 3.8) is 0 Å². The Bertz CT molecular complexity index is 1420. The van der Waals surface area contributed by atoms with Crippen molar-refractivity contribution < 1.29 is 22.7 Å². The third kappa shape index (κ3) is 4.89. The lowest BCUT2D eigenvalue weighted by Crippen LogP contribution is -2.49. The van der Waals surface area contributed by atoms with Gasteiger partial charge in [0.15, 0.2) is 14.6 Å². The lowest BCUT2D eigenvalue weighted by atomic mass is 10.00. The fourth-order valence-electron chi connectivity index (χ4n) is 3.80. The summed E-state index contributed by atoms with van der Waals surface area (Å²) < 4.78 is 37.8. The van der Waals surface area contributed by atoms with Gasteiger partial charge in [-0.15, -0.1) is 0 Å². The van der Waals surface area contributed by atoms with E-state index in [9.17, 15) is 27.5 Å². The maximum atomic E-state index is 14.8. The molecule has 0 spiro atoms. The van der Waals surface area contributed by atoms with Gasteiger partial charge in [-0.25, -0.2) is 12.8 Å². The molecule has 3 aromatic rings. The zero-order valence-electron chi connectivity index (χ0n) is 19.4. The number of aliphatic hydroxyl groups excluding tert-OH is 1. The number of amides is 1. The molecule has 0 fully saturated rings. The van der Waals surface area contributed by atoms with Crippen LogP contribution < -0.4 is 11.3 Å². The molecule has 1 heterocycles. The number of pyridine rings is 1. The second kappa shape index (κ2) is 9.28. The standard InChI is InChI=1S/C24H28FN3O5S/c1-24(23(26)31,34(4,32)33)13-21(29)28-10-9-17-12-16(6-8-19(17)22(28)30)18-7-5-15(11-20(18)25)14-27(2)3/h5-12,21,29H,13-14H2,1-4H3,(H2,26,31). The van der Waals surface area contributed by atoms with Crippen molar-refractivity contribution in [2.24, 2.45) is 5.73 Å². The van der Waals surface area contributed by atoms with Crippen LogP contribution in [0.15, 0.2) is 53.5 Å². The molecule has 0 saturated carbocycles. The lowest BCUT2D eigenvalue weighted by molar-refractivity contribution is -0.121. The molecule has 0 aliphatic rings. The number of aromatic nitrogens is 1. The van der Waals surface area contributed by atoms with Gasteiger partial charge >= 0.3 is 0 Å². The highest BCUT2D eigenvalue weighted by Crippen LogP contribution is 2.29. The van der Waals surface area contributed by atoms with Gasteiger partial charge < -0.3 is 15.7 Å². The van der Waals surface area contributed by atoms with Gasteiger partial charge in [-0.3, -0.25) is 14.2 Å². The Labute approximate surface area is 197 Å². The van der Waals surface area contributed by atoms with Crippen LogP contribution in [0.5, 0.6) is 0 Å². The average Bonchev–Trinajstić information content (AvgIpc) is 2.72. The topological polar surface area (TPSA) is 123 Å². The number of rotatable bonds is 8. The summed E-state index contributed by atoms with van der Waals surface area (Å²) in [6.07, 6.45) is -0.0407. The van der Waals surface area contributed by atoms with Gasteiger partial charge in [0.1, 0.15) is 12.0 Å². The summed E-state index contributed by atoms with van der Waals surface area (Å²) in [7, 11) is -0.166. The Kier molecular flexibility index (Phi) is 6.97. The highest BCUT2D eigenvalue weighted by Gasteiger charge is 2.44. The summed E-state index contributed by atoms with van der Waals surface area (Å²) in [6.45, 7) is 1.72. The molecule has 3 rings (SSSR count). The summed E-state index contributed by atoms with van der Waals surface area (Å²) in [5, 5.41) is 11.4. The van der Waals surface area contributed by atoms with Crippen molar-refractivity contribution in [3.8, 4) is 11.1 Å². The minimum absolute atomic E-state index is 0.245. The smallest absolute Gasteiger partial charge is 0.260 e. The number of nitrogens with zero attached hydrogens (tertiary/aromatic N) is 2. The number of fused-ring (bicyclic) bond motifs is 1. The largest absolute Gasteiger partial charge is 0.373 e. The number of carbonyl (C=O) groups is 1. The molecule has 2 unspecified atom stereocenters. The van der Waals surface area contributed by atoms with Gasteiger partial charge in [-0.05, 0) is 61.8 Å². The molecule has 1 aromatic heterocycles. The number of nitrogens with two attached hydrogens (primary N) is 1. The molecule has 0 aliphatic carbocycles. The van der Waals surface area contributed by atoms with Crippen LogP contribution in [0.3, 0.4) is 0 Å². The first kappa shape index (κ1) is 25.5. The van der Waals surface area contributed by atoms with E-state index in [4.69, 9.17) is 5.73 Å². The molecule has 10 heteroatoms. The molecule has 0 radical (unpaired) electrons. The van der Waals surface area contributed by atoms with Crippen molar-refractivity contribution in [2.45, 2.75) is 30.9 Å². The molecule has 1 amide bonds. The van der Waals surface area contributed by atoms with Gasteiger partial charge in [0.05, 0.1) is 0 Å². The fraction of sp³-hybridized carbons (Fsp3) is 0.333. The summed E-state index contributed by atoms with van der Waals surface area (Å²) in [4.78, 5) is 26.7. The zero-order valence-corrected chi connectivity index (χ0v) is 20.3. The number of aliphatic hydroxyl groups is 1. The summed E-state index contributed by atoms with van der Waals surface area (Å²) in [6, 6.07) is 11.4. The highest BCUT2D eigenvalue weighted by atomic mass is 32.2. The van der Waals surface area contributed by atoms with Crippen LogP contribution in [0.25, 0.3) is 21.9 Å². The second-order valence-corrected chi connectivity index (χ2v) is 11.4. The van der Waals surface area contributed by atoms with E-state index in [1.54, 1.807) is 24.3 Å². The van der Waals surface area contributed by atoms with Crippen LogP contribution in [0.4, 0.5) is 4.39 Å². The van der Waals surface area contributed by atoms with E-state index in [1.807, 2.05) is 25.1 Å². The fourth-order valence-corrected chi connectivity index (χ4v) is 4.62. The van der Waals surface area contributed by atoms with Crippen LogP contribution in [-0.2, 0) is 21.2 Å². The van der Waals surface area contributed by atoms with Crippen molar-refractivity contribution in [1.29, 1.82) is 0 Å². The molecule has 34 heavy (non-hydrogen) atoms. The molecule has 182 valence electrons. The van der Waals surface area contributed by atoms with E-state index < -0.39 is 38.7 Å². The third-order valence-corrected chi connectivity index (χ3v) is 8.01. The van der Waals surface area contributed by atoms with Crippen molar-refractivity contribution >= 4 is 26.5 Å².